The van der Waals surface area contributed by atoms with Crippen molar-refractivity contribution in [2.45, 2.75) is 40.7 Å². The molecule has 0 amide bonds. The van der Waals surface area contributed by atoms with E-state index in [2.05, 4.69) is 27.7 Å². The van der Waals surface area contributed by atoms with Crippen LogP contribution in [0.2, 0.25) is 0 Å². The summed E-state index contributed by atoms with van der Waals surface area (Å²) < 4.78 is 5.41. The minimum Gasteiger partial charge on any atom is -0.378 e. The van der Waals surface area contributed by atoms with Crippen molar-refractivity contribution in [2.24, 2.45) is 5.41 Å². The van der Waals surface area contributed by atoms with Gasteiger partial charge in [0.25, 0.3) is 0 Å². The minimum atomic E-state index is 0.288. The molecule has 0 N–H and O–H groups in total. The van der Waals surface area contributed by atoms with Crippen LogP contribution in [0.15, 0.2) is 0 Å². The topological polar surface area (TPSA) is 9.23 Å². The molecule has 0 aromatic heterocycles. The fourth-order valence-electron chi connectivity index (χ4n) is 0.500. The van der Waals surface area contributed by atoms with E-state index in [1.807, 2.05) is 6.92 Å². The van der Waals surface area contributed by atoms with E-state index < -0.39 is 0 Å². The molecular weight excluding hydrogens is 112 g/mol. The Labute approximate surface area is 58.4 Å². The van der Waals surface area contributed by atoms with Crippen LogP contribution in [0.5, 0.6) is 0 Å². The largest absolute Gasteiger partial charge is 0.378 e. The summed E-state index contributed by atoms with van der Waals surface area (Å²) in [6, 6.07) is 0. The van der Waals surface area contributed by atoms with E-state index in [1.54, 1.807) is 0 Å². The Morgan fingerprint density at radius 3 is 1.89 bits per heavy atom. The van der Waals surface area contributed by atoms with Gasteiger partial charge in [-0.2, -0.15) is 0 Å². The summed E-state index contributed by atoms with van der Waals surface area (Å²) in [6.07, 6.45) is 0.363. The highest BCUT2D eigenvalue weighted by molar-refractivity contribution is 4.68. The van der Waals surface area contributed by atoms with E-state index in [1.165, 1.54) is 0 Å². The molecule has 0 spiro atoms. The third kappa shape index (κ3) is 3.52. The predicted molar refractivity (Wildman–Crippen MR) is 40.5 cm³/mol. The van der Waals surface area contributed by atoms with Crippen molar-refractivity contribution in [1.29, 1.82) is 0 Å². The van der Waals surface area contributed by atoms with Gasteiger partial charge in [-0.05, 0) is 19.3 Å². The van der Waals surface area contributed by atoms with Gasteiger partial charge in [-0.15, -0.1) is 0 Å². The molecule has 0 aliphatic rings. The maximum absolute atomic E-state index is 5.41. The van der Waals surface area contributed by atoms with Gasteiger partial charge in [0.1, 0.15) is 0 Å². The molecule has 0 rings (SSSR count). The Bertz CT molecular complexity index is 71.1. The van der Waals surface area contributed by atoms with E-state index in [4.69, 9.17) is 4.74 Å². The second kappa shape index (κ2) is 3.21. The minimum absolute atomic E-state index is 0.288. The number of hydrogen-bond acceptors (Lipinski definition) is 1. The normalized spacial score (nSPS) is 15.7. The standard InChI is InChI=1S/C8H18O/c1-6-9-7(2)8(3,4)5/h7H,6H2,1-5H3/t7-/m1/s1. The molecular formula is C8H18O. The Hall–Kier alpha value is -0.0400. The second-order valence-corrected chi connectivity index (χ2v) is 3.46. The first-order valence-electron chi connectivity index (χ1n) is 3.60. The zero-order valence-corrected chi connectivity index (χ0v) is 7.19. The van der Waals surface area contributed by atoms with Gasteiger partial charge in [0.2, 0.25) is 0 Å². The van der Waals surface area contributed by atoms with Crippen molar-refractivity contribution in [3.05, 3.63) is 0 Å². The summed E-state index contributed by atoms with van der Waals surface area (Å²) in [4.78, 5) is 0. The molecule has 0 bridgehead atoms. The van der Waals surface area contributed by atoms with Crippen LogP contribution in [0.25, 0.3) is 0 Å². The molecule has 1 nitrogen and oxygen atoms in total. The van der Waals surface area contributed by atoms with Crippen LogP contribution < -0.4 is 0 Å². The second-order valence-electron chi connectivity index (χ2n) is 3.46. The summed E-state index contributed by atoms with van der Waals surface area (Å²) >= 11 is 0. The zero-order chi connectivity index (χ0) is 7.49. The highest BCUT2D eigenvalue weighted by Gasteiger charge is 2.19. The summed E-state index contributed by atoms with van der Waals surface area (Å²) in [6.45, 7) is 11.5. The SMILES string of the molecule is CCO[C@H](C)C(C)(C)C. The molecule has 0 heterocycles. The predicted octanol–water partition coefficient (Wildman–Crippen LogP) is 2.46. The van der Waals surface area contributed by atoms with Crippen molar-refractivity contribution < 1.29 is 4.74 Å². The van der Waals surface area contributed by atoms with Crippen LogP contribution in [-0.4, -0.2) is 12.7 Å². The van der Waals surface area contributed by atoms with Gasteiger partial charge in [0, 0.05) is 6.61 Å². The molecule has 0 aromatic rings. The van der Waals surface area contributed by atoms with Crippen molar-refractivity contribution in [2.75, 3.05) is 6.61 Å². The van der Waals surface area contributed by atoms with Gasteiger partial charge in [0.05, 0.1) is 6.10 Å². The van der Waals surface area contributed by atoms with E-state index in [9.17, 15) is 0 Å². The van der Waals surface area contributed by atoms with Gasteiger partial charge in [0.15, 0.2) is 0 Å². The maximum Gasteiger partial charge on any atom is 0.0595 e. The van der Waals surface area contributed by atoms with Gasteiger partial charge in [-0.3, -0.25) is 0 Å². The van der Waals surface area contributed by atoms with Crippen LogP contribution in [0.1, 0.15) is 34.6 Å². The van der Waals surface area contributed by atoms with E-state index in [-0.39, 0.29) is 5.41 Å². The lowest BCUT2D eigenvalue weighted by molar-refractivity contribution is 0.00224. The Morgan fingerprint density at radius 2 is 1.78 bits per heavy atom. The van der Waals surface area contributed by atoms with Crippen molar-refractivity contribution >= 4 is 0 Å². The van der Waals surface area contributed by atoms with Crippen LogP contribution in [0.4, 0.5) is 0 Å². The average molecular weight is 130 g/mol. The smallest absolute Gasteiger partial charge is 0.0595 e. The van der Waals surface area contributed by atoms with E-state index in [0.717, 1.165) is 6.61 Å². The number of rotatable bonds is 2. The van der Waals surface area contributed by atoms with Gasteiger partial charge in [-0.25, -0.2) is 0 Å². The molecule has 0 radical (unpaired) electrons. The fourth-order valence-corrected chi connectivity index (χ4v) is 0.500. The third-order valence-electron chi connectivity index (χ3n) is 1.64. The summed E-state index contributed by atoms with van der Waals surface area (Å²) in [5, 5.41) is 0. The molecule has 0 unspecified atom stereocenters. The molecule has 1 heteroatoms. The molecule has 0 aliphatic heterocycles. The molecule has 0 aromatic carbocycles. The zero-order valence-electron chi connectivity index (χ0n) is 7.19. The molecule has 0 saturated carbocycles. The first-order valence-corrected chi connectivity index (χ1v) is 3.60. The number of ether oxygens (including phenoxy) is 1. The average Bonchev–Trinajstić information content (AvgIpc) is 1.64. The highest BCUT2D eigenvalue weighted by Crippen LogP contribution is 2.20. The molecule has 56 valence electrons. The van der Waals surface area contributed by atoms with E-state index >= 15 is 0 Å². The lowest BCUT2D eigenvalue weighted by Crippen LogP contribution is -2.25. The van der Waals surface area contributed by atoms with E-state index in [0.29, 0.717) is 6.10 Å². The highest BCUT2D eigenvalue weighted by atomic mass is 16.5. The summed E-state index contributed by atoms with van der Waals surface area (Å²) in [5.74, 6) is 0. The van der Waals surface area contributed by atoms with Gasteiger partial charge in [-0.1, -0.05) is 20.8 Å². The van der Waals surface area contributed by atoms with Crippen LogP contribution in [0, 0.1) is 5.41 Å². The van der Waals surface area contributed by atoms with Crippen LogP contribution in [-0.2, 0) is 4.74 Å². The Kier molecular flexibility index (Phi) is 3.20. The van der Waals surface area contributed by atoms with Crippen molar-refractivity contribution in [3.8, 4) is 0 Å². The molecule has 0 saturated heterocycles. The fraction of sp³-hybridized carbons (Fsp3) is 1.00. The molecule has 9 heavy (non-hydrogen) atoms. The summed E-state index contributed by atoms with van der Waals surface area (Å²) in [7, 11) is 0. The lowest BCUT2D eigenvalue weighted by Gasteiger charge is -2.26. The monoisotopic (exact) mass is 130 g/mol. The third-order valence-corrected chi connectivity index (χ3v) is 1.64. The lowest BCUT2D eigenvalue weighted by atomic mass is 9.90. The molecule has 0 aliphatic carbocycles. The van der Waals surface area contributed by atoms with Crippen LogP contribution in [0.3, 0.4) is 0 Å². The van der Waals surface area contributed by atoms with Crippen LogP contribution >= 0.6 is 0 Å². The van der Waals surface area contributed by atoms with Gasteiger partial charge >= 0.3 is 0 Å². The molecule has 1 atom stereocenters. The maximum atomic E-state index is 5.41. The first-order chi connectivity index (χ1) is 3.98. The summed E-state index contributed by atoms with van der Waals surface area (Å²) in [5.41, 5.74) is 0.288. The number of hydrogen-bond donors (Lipinski definition) is 0. The van der Waals surface area contributed by atoms with Crippen molar-refractivity contribution in [3.63, 3.8) is 0 Å². The first kappa shape index (κ1) is 8.96. The Balaban J connectivity index is 3.59. The Morgan fingerprint density at radius 1 is 1.33 bits per heavy atom. The van der Waals surface area contributed by atoms with Crippen molar-refractivity contribution in [1.82, 2.24) is 0 Å². The van der Waals surface area contributed by atoms with Gasteiger partial charge < -0.3 is 4.74 Å². The molecule has 0 fully saturated rings. The quantitative estimate of drug-likeness (QED) is 0.558.